The molecule has 0 saturated carbocycles. The standard InChI is InChI=1S/C45H65F3N8O8Si2/c1-27(2)30-22-31(34(58)23-33(30)57)39-51-52-42(61)56(39)29-14-13-28(32(46)21-29)24-53-17-19-54(20-18-53)25-37(59)49-36-15-16-55(41(60)50-36)40-45(47,48)38(64-66(11,12)44(6,7)8)35(63-40)26-62-65(9,10)43(3,4)5/h13-16,21-23,27,35,38,40,57-58H,17-20,24-26H2,1-12H3,(H,52,61)(H,49,50,59,60). The SMILES string of the molecule is CC(C)c1cc(-c2n[nH]c(=O)n2-c2ccc(CN3CCN(CC(=O)Nc4ccn(C5OC(CO[Si](C)(C)C(C)(C)C)C(O[Si](C)(C)C(C)(C)C)C5(F)F)c(=O)n4)CC3)c(F)c2)c(O)cc1O. The lowest BCUT2D eigenvalue weighted by atomic mass is 9.98. The van der Waals surface area contributed by atoms with E-state index in [0.717, 1.165) is 15.3 Å². The smallest absolute Gasteiger partial charge is 0.351 e. The van der Waals surface area contributed by atoms with Crippen LogP contribution in [0.2, 0.25) is 36.3 Å². The number of carbonyl (C=O) groups excluding carboxylic acids is 1. The Hall–Kier alpha value is -4.65. The molecule has 16 nitrogen and oxygen atoms in total. The third-order valence-electron chi connectivity index (χ3n) is 13.5. The second-order valence-electron chi connectivity index (χ2n) is 20.7. The summed E-state index contributed by atoms with van der Waals surface area (Å²) in [6, 6.07) is 8.40. The van der Waals surface area contributed by atoms with E-state index in [1.165, 1.54) is 18.2 Å². The molecule has 0 spiro atoms. The molecule has 2 aromatic heterocycles. The van der Waals surface area contributed by atoms with Crippen molar-refractivity contribution in [2.75, 3.05) is 44.6 Å². The van der Waals surface area contributed by atoms with Crippen LogP contribution in [-0.2, 0) is 24.9 Å². The number of aromatic nitrogens is 5. The number of anilines is 1. The number of nitrogens with one attached hydrogen (secondary N) is 2. The highest BCUT2D eigenvalue weighted by Crippen LogP contribution is 2.49. The van der Waals surface area contributed by atoms with E-state index in [2.05, 4.69) is 41.3 Å². The second kappa shape index (κ2) is 18.8. The van der Waals surface area contributed by atoms with Gasteiger partial charge in [0.15, 0.2) is 22.5 Å². The van der Waals surface area contributed by atoms with Crippen LogP contribution in [0, 0.1) is 5.82 Å². The minimum absolute atomic E-state index is 0.0368. The van der Waals surface area contributed by atoms with Crippen molar-refractivity contribution >= 4 is 28.4 Å². The molecular weight excluding hydrogens is 894 g/mol. The number of alkyl halides is 2. The van der Waals surface area contributed by atoms with Crippen molar-refractivity contribution in [3.8, 4) is 28.6 Å². The minimum Gasteiger partial charge on any atom is -0.508 e. The third-order valence-corrected chi connectivity index (χ3v) is 22.5. The van der Waals surface area contributed by atoms with E-state index in [1.54, 1.807) is 18.2 Å². The topological polar surface area (TPSA) is 189 Å². The van der Waals surface area contributed by atoms with E-state index in [4.69, 9.17) is 13.6 Å². The van der Waals surface area contributed by atoms with Crippen LogP contribution >= 0.6 is 0 Å². The van der Waals surface area contributed by atoms with E-state index in [0.29, 0.717) is 37.3 Å². The van der Waals surface area contributed by atoms with Gasteiger partial charge in [0.1, 0.15) is 35.3 Å². The number of amides is 1. The van der Waals surface area contributed by atoms with Crippen molar-refractivity contribution in [3.63, 3.8) is 0 Å². The van der Waals surface area contributed by atoms with Gasteiger partial charge in [-0.25, -0.2) is 23.6 Å². The summed E-state index contributed by atoms with van der Waals surface area (Å²) in [5.41, 5.74) is -0.373. The monoisotopic (exact) mass is 958 g/mol. The highest BCUT2D eigenvalue weighted by molar-refractivity contribution is 6.74. The van der Waals surface area contributed by atoms with Gasteiger partial charge in [0.25, 0.3) is 0 Å². The van der Waals surface area contributed by atoms with E-state index in [-0.39, 0.29) is 70.1 Å². The van der Waals surface area contributed by atoms with Crippen LogP contribution in [0.15, 0.2) is 52.2 Å². The first-order valence-electron chi connectivity index (χ1n) is 22.2. The molecule has 3 atom stereocenters. The summed E-state index contributed by atoms with van der Waals surface area (Å²) in [5.74, 6) is -5.18. The number of rotatable bonds is 14. The zero-order valence-corrected chi connectivity index (χ0v) is 42.0. The molecule has 2 saturated heterocycles. The van der Waals surface area contributed by atoms with Crippen molar-refractivity contribution in [1.82, 2.24) is 34.1 Å². The number of carbonyl (C=O) groups is 1. The summed E-state index contributed by atoms with van der Waals surface area (Å²) < 4.78 is 69.2. The molecule has 21 heteroatoms. The number of benzene rings is 2. The van der Waals surface area contributed by atoms with Gasteiger partial charge in [0.05, 0.1) is 24.4 Å². The van der Waals surface area contributed by atoms with Gasteiger partial charge in [0, 0.05) is 50.6 Å². The van der Waals surface area contributed by atoms with Crippen molar-refractivity contribution in [2.45, 2.75) is 128 Å². The highest BCUT2D eigenvalue weighted by Gasteiger charge is 2.63. The average Bonchev–Trinajstić information content (AvgIpc) is 3.69. The first-order valence-corrected chi connectivity index (χ1v) is 28.0. The van der Waals surface area contributed by atoms with Crippen molar-refractivity contribution in [1.29, 1.82) is 0 Å². The van der Waals surface area contributed by atoms with Gasteiger partial charge in [-0.15, -0.1) is 0 Å². The maximum Gasteiger partial charge on any atom is 0.351 e. The Balaban J connectivity index is 1.06. The molecule has 2 aliphatic heterocycles. The van der Waals surface area contributed by atoms with Gasteiger partial charge in [-0.05, 0) is 72.0 Å². The Labute approximate surface area is 385 Å². The summed E-state index contributed by atoms with van der Waals surface area (Å²) >= 11 is 0. The molecule has 4 heterocycles. The van der Waals surface area contributed by atoms with Crippen LogP contribution in [0.4, 0.5) is 19.0 Å². The van der Waals surface area contributed by atoms with Crippen LogP contribution < -0.4 is 16.7 Å². The summed E-state index contributed by atoms with van der Waals surface area (Å²) in [5, 5.41) is 29.4. The van der Waals surface area contributed by atoms with Crippen molar-refractivity contribution in [2.24, 2.45) is 0 Å². The van der Waals surface area contributed by atoms with Gasteiger partial charge in [-0.3, -0.25) is 19.2 Å². The fourth-order valence-electron chi connectivity index (χ4n) is 7.40. The van der Waals surface area contributed by atoms with Gasteiger partial charge in [0.2, 0.25) is 12.1 Å². The van der Waals surface area contributed by atoms with Crippen LogP contribution in [0.5, 0.6) is 11.5 Å². The quantitative estimate of drug-likeness (QED) is 0.0936. The number of aromatic hydroxyl groups is 2. The fourth-order valence-corrected chi connectivity index (χ4v) is 9.71. The summed E-state index contributed by atoms with van der Waals surface area (Å²) in [6.07, 6.45) is -3.72. The highest BCUT2D eigenvalue weighted by atomic mass is 28.4. The minimum atomic E-state index is -3.63. The van der Waals surface area contributed by atoms with Crippen LogP contribution in [0.1, 0.15) is 78.7 Å². The number of hydrogen-bond acceptors (Lipinski definition) is 12. The molecular formula is C45H65F3N8O8Si2. The van der Waals surface area contributed by atoms with Crippen molar-refractivity contribution in [3.05, 3.63) is 80.5 Å². The molecule has 2 fully saturated rings. The Morgan fingerprint density at radius 2 is 1.59 bits per heavy atom. The number of aromatic amines is 1. The molecule has 4 aromatic rings. The molecule has 1 amide bonds. The lowest BCUT2D eigenvalue weighted by Crippen LogP contribution is -2.53. The zero-order chi connectivity index (χ0) is 48.9. The Morgan fingerprint density at radius 3 is 2.18 bits per heavy atom. The molecule has 66 heavy (non-hydrogen) atoms. The average molecular weight is 959 g/mol. The molecule has 3 unspecified atom stereocenters. The largest absolute Gasteiger partial charge is 0.508 e. The molecule has 362 valence electrons. The number of phenolic OH excluding ortho intramolecular Hbond substituents is 2. The zero-order valence-electron chi connectivity index (χ0n) is 40.0. The Bertz CT molecular complexity index is 2530. The number of hydrogen-bond donors (Lipinski definition) is 4. The number of piperazine rings is 1. The summed E-state index contributed by atoms with van der Waals surface area (Å²) in [7, 11) is -5.13. The lowest BCUT2D eigenvalue weighted by molar-refractivity contribution is -0.138. The van der Waals surface area contributed by atoms with Crippen LogP contribution in [0.25, 0.3) is 17.1 Å². The first-order chi connectivity index (χ1) is 30.5. The van der Waals surface area contributed by atoms with Crippen LogP contribution in [-0.4, -0.2) is 124 Å². The van der Waals surface area contributed by atoms with Gasteiger partial charge in [-0.2, -0.15) is 18.9 Å². The molecule has 2 aliphatic rings. The van der Waals surface area contributed by atoms with Gasteiger partial charge in [-0.1, -0.05) is 61.5 Å². The number of nitrogens with zero attached hydrogens (tertiary/aromatic N) is 6. The summed E-state index contributed by atoms with van der Waals surface area (Å²) in [6.45, 7) is 25.6. The van der Waals surface area contributed by atoms with E-state index in [1.807, 2.05) is 70.6 Å². The molecule has 2 aromatic carbocycles. The number of halogens is 3. The number of phenols is 2. The molecule has 4 N–H and O–H groups in total. The molecule has 0 aliphatic carbocycles. The molecule has 0 radical (unpaired) electrons. The normalized spacial score (nSPS) is 20.0. The predicted molar refractivity (Wildman–Crippen MR) is 250 cm³/mol. The van der Waals surface area contributed by atoms with Gasteiger partial charge < -0.3 is 29.1 Å². The van der Waals surface area contributed by atoms with Gasteiger partial charge >= 0.3 is 17.3 Å². The number of H-pyrrole nitrogens is 1. The fraction of sp³-hybridized carbons (Fsp3) is 0.578. The van der Waals surface area contributed by atoms with E-state index < -0.39 is 64.1 Å². The summed E-state index contributed by atoms with van der Waals surface area (Å²) in [4.78, 5) is 47.2. The Kier molecular flexibility index (Phi) is 14.5. The second-order valence-corrected chi connectivity index (χ2v) is 30.3. The third kappa shape index (κ3) is 10.7. The maximum atomic E-state index is 16.5. The molecule has 0 bridgehead atoms. The molecule has 6 rings (SSSR count). The first kappa shape index (κ1) is 50.8. The number of ether oxygens (including phenoxy) is 1. The van der Waals surface area contributed by atoms with Crippen molar-refractivity contribution < 1.29 is 41.8 Å². The van der Waals surface area contributed by atoms with E-state index in [9.17, 15) is 24.6 Å². The lowest BCUT2D eigenvalue weighted by Gasteiger charge is -2.41. The van der Waals surface area contributed by atoms with Crippen LogP contribution in [0.3, 0.4) is 0 Å². The predicted octanol–water partition coefficient (Wildman–Crippen LogP) is 7.16. The maximum absolute atomic E-state index is 16.5. The van der Waals surface area contributed by atoms with E-state index >= 15 is 13.2 Å². The Morgan fingerprint density at radius 1 is 0.955 bits per heavy atom.